The molecule has 1 aromatic rings. The maximum atomic E-state index is 5.94. The van der Waals surface area contributed by atoms with Crippen LogP contribution >= 0.6 is 23.8 Å². The van der Waals surface area contributed by atoms with Crippen molar-refractivity contribution in [1.29, 1.82) is 0 Å². The lowest BCUT2D eigenvalue weighted by atomic mass is 9.83. The zero-order chi connectivity index (χ0) is 13.0. The zero-order valence-corrected chi connectivity index (χ0v) is 12.2. The number of rotatable bonds is 2. The summed E-state index contributed by atoms with van der Waals surface area (Å²) >= 11 is 11.3. The molecule has 4 heteroatoms. The first-order valence-corrected chi connectivity index (χ1v) is 7.21. The van der Waals surface area contributed by atoms with E-state index < -0.39 is 0 Å². The molecule has 0 aliphatic heterocycles. The van der Waals surface area contributed by atoms with Crippen LogP contribution in [0.5, 0.6) is 0 Å². The molecule has 0 amide bonds. The van der Waals surface area contributed by atoms with E-state index in [9.17, 15) is 0 Å². The lowest BCUT2D eigenvalue weighted by Crippen LogP contribution is -2.48. The van der Waals surface area contributed by atoms with Crippen molar-refractivity contribution >= 4 is 34.6 Å². The predicted molar refractivity (Wildman–Crippen MR) is 82.3 cm³/mol. The Balaban J connectivity index is 1.92. The molecule has 2 rings (SSSR count). The van der Waals surface area contributed by atoms with E-state index in [1.54, 1.807) is 0 Å². The predicted octanol–water partition coefficient (Wildman–Crippen LogP) is 4.35. The minimum absolute atomic E-state index is 0.140. The van der Waals surface area contributed by atoms with Crippen molar-refractivity contribution < 1.29 is 0 Å². The van der Waals surface area contributed by atoms with Crippen LogP contribution < -0.4 is 10.6 Å². The van der Waals surface area contributed by atoms with Crippen molar-refractivity contribution in [3.63, 3.8) is 0 Å². The highest BCUT2D eigenvalue weighted by atomic mass is 35.5. The first-order chi connectivity index (χ1) is 8.57. The number of hydrogen-bond acceptors (Lipinski definition) is 1. The van der Waals surface area contributed by atoms with E-state index in [1.807, 2.05) is 24.3 Å². The van der Waals surface area contributed by atoms with E-state index in [2.05, 4.69) is 17.6 Å². The van der Waals surface area contributed by atoms with Crippen LogP contribution in [0.3, 0.4) is 0 Å². The highest BCUT2D eigenvalue weighted by Crippen LogP contribution is 2.27. The molecule has 0 heterocycles. The molecule has 2 N–H and O–H groups in total. The van der Waals surface area contributed by atoms with E-state index in [4.69, 9.17) is 23.8 Å². The van der Waals surface area contributed by atoms with E-state index in [-0.39, 0.29) is 5.54 Å². The topological polar surface area (TPSA) is 24.1 Å². The van der Waals surface area contributed by atoms with Gasteiger partial charge < -0.3 is 10.6 Å². The Morgan fingerprint density at radius 2 is 2.00 bits per heavy atom. The summed E-state index contributed by atoms with van der Waals surface area (Å²) in [6.45, 7) is 2.25. The second kappa shape index (κ2) is 5.89. The van der Waals surface area contributed by atoms with Gasteiger partial charge in [-0.1, -0.05) is 36.9 Å². The molecule has 0 saturated heterocycles. The quantitative estimate of drug-likeness (QED) is 0.789. The van der Waals surface area contributed by atoms with Crippen molar-refractivity contribution in [2.45, 2.75) is 44.6 Å². The summed E-state index contributed by atoms with van der Waals surface area (Å²) in [5.41, 5.74) is 1.07. The number of thiocarbonyl (C=S) groups is 1. The maximum Gasteiger partial charge on any atom is 0.171 e. The Morgan fingerprint density at radius 3 is 2.67 bits per heavy atom. The number of benzene rings is 1. The highest BCUT2D eigenvalue weighted by Gasteiger charge is 2.27. The fourth-order valence-electron chi connectivity index (χ4n) is 2.46. The normalized spacial score (nSPS) is 18.1. The first-order valence-electron chi connectivity index (χ1n) is 6.42. The summed E-state index contributed by atoms with van der Waals surface area (Å²) < 4.78 is 0. The van der Waals surface area contributed by atoms with Crippen molar-refractivity contribution in [2.75, 3.05) is 5.32 Å². The molecule has 0 radical (unpaired) electrons. The van der Waals surface area contributed by atoms with Crippen molar-refractivity contribution in [2.24, 2.45) is 0 Å². The summed E-state index contributed by atoms with van der Waals surface area (Å²) in [4.78, 5) is 0. The van der Waals surface area contributed by atoms with E-state index >= 15 is 0 Å². The SMILES string of the molecule is CC1(NC(=S)Nc2cccc(Cl)c2)CCCCC1. The van der Waals surface area contributed by atoms with Gasteiger partial charge in [-0.2, -0.15) is 0 Å². The van der Waals surface area contributed by atoms with Crippen LogP contribution in [-0.4, -0.2) is 10.7 Å². The lowest BCUT2D eigenvalue weighted by molar-refractivity contribution is 0.292. The summed E-state index contributed by atoms with van der Waals surface area (Å²) in [5, 5.41) is 8.03. The molecular formula is C14H19ClN2S. The summed E-state index contributed by atoms with van der Waals surface area (Å²) in [5.74, 6) is 0. The average Bonchev–Trinajstić information content (AvgIpc) is 2.28. The average molecular weight is 283 g/mol. The standard InChI is InChI=1S/C14H19ClN2S/c1-14(8-3-2-4-9-14)17-13(18)16-12-7-5-6-11(15)10-12/h5-7,10H,2-4,8-9H2,1H3,(H2,16,17,18). The molecule has 1 fully saturated rings. The maximum absolute atomic E-state index is 5.94. The molecular weight excluding hydrogens is 264 g/mol. The summed E-state index contributed by atoms with van der Waals surface area (Å²) in [6, 6.07) is 7.60. The van der Waals surface area contributed by atoms with Crippen LogP contribution in [0.1, 0.15) is 39.0 Å². The van der Waals surface area contributed by atoms with Crippen molar-refractivity contribution in [3.8, 4) is 0 Å². The van der Waals surface area contributed by atoms with Gasteiger partial charge in [0.05, 0.1) is 0 Å². The summed E-state index contributed by atoms with van der Waals surface area (Å²) in [7, 11) is 0. The van der Waals surface area contributed by atoms with Crippen LogP contribution in [-0.2, 0) is 0 Å². The molecule has 0 bridgehead atoms. The number of nitrogens with one attached hydrogen (secondary N) is 2. The fourth-order valence-corrected chi connectivity index (χ4v) is 3.01. The van der Waals surface area contributed by atoms with E-state index in [0.29, 0.717) is 10.1 Å². The second-order valence-corrected chi connectivity index (χ2v) is 6.06. The number of hydrogen-bond donors (Lipinski definition) is 2. The second-order valence-electron chi connectivity index (χ2n) is 5.21. The summed E-state index contributed by atoms with van der Waals surface area (Å²) in [6.07, 6.45) is 6.27. The van der Waals surface area contributed by atoms with Crippen molar-refractivity contribution in [3.05, 3.63) is 29.3 Å². The van der Waals surface area contributed by atoms with Crippen LogP contribution in [0.25, 0.3) is 0 Å². The first kappa shape index (κ1) is 13.6. The van der Waals surface area contributed by atoms with Crippen LogP contribution in [0, 0.1) is 0 Å². The minimum Gasteiger partial charge on any atom is -0.357 e. The van der Waals surface area contributed by atoms with Gasteiger partial charge in [-0.05, 0) is 50.2 Å². The largest absolute Gasteiger partial charge is 0.357 e. The molecule has 1 aliphatic carbocycles. The van der Waals surface area contributed by atoms with E-state index in [1.165, 1.54) is 32.1 Å². The Hall–Kier alpha value is -0.800. The molecule has 18 heavy (non-hydrogen) atoms. The molecule has 0 aromatic heterocycles. The van der Waals surface area contributed by atoms with Gasteiger partial charge in [-0.15, -0.1) is 0 Å². The van der Waals surface area contributed by atoms with Crippen LogP contribution in [0.15, 0.2) is 24.3 Å². The molecule has 1 aromatic carbocycles. The van der Waals surface area contributed by atoms with Gasteiger partial charge in [0.15, 0.2) is 5.11 Å². The number of anilines is 1. The Labute approximate surface area is 119 Å². The van der Waals surface area contributed by atoms with Crippen molar-refractivity contribution in [1.82, 2.24) is 5.32 Å². The van der Waals surface area contributed by atoms with Gasteiger partial charge in [0.2, 0.25) is 0 Å². The van der Waals surface area contributed by atoms with Gasteiger partial charge >= 0.3 is 0 Å². The van der Waals surface area contributed by atoms with Gasteiger partial charge in [0, 0.05) is 16.2 Å². The monoisotopic (exact) mass is 282 g/mol. The molecule has 1 aliphatic rings. The third kappa shape index (κ3) is 3.85. The zero-order valence-electron chi connectivity index (χ0n) is 10.6. The minimum atomic E-state index is 0.140. The van der Waals surface area contributed by atoms with E-state index in [0.717, 1.165) is 5.69 Å². The van der Waals surface area contributed by atoms with Gasteiger partial charge in [0.25, 0.3) is 0 Å². The molecule has 0 spiro atoms. The van der Waals surface area contributed by atoms with Gasteiger partial charge in [-0.25, -0.2) is 0 Å². The van der Waals surface area contributed by atoms with Crippen LogP contribution in [0.4, 0.5) is 5.69 Å². The Bertz CT molecular complexity index is 428. The van der Waals surface area contributed by atoms with Gasteiger partial charge in [-0.3, -0.25) is 0 Å². The molecule has 0 atom stereocenters. The smallest absolute Gasteiger partial charge is 0.171 e. The van der Waals surface area contributed by atoms with Crippen LogP contribution in [0.2, 0.25) is 5.02 Å². The molecule has 0 unspecified atom stereocenters. The third-order valence-corrected chi connectivity index (χ3v) is 3.89. The van der Waals surface area contributed by atoms with Gasteiger partial charge in [0.1, 0.15) is 0 Å². The third-order valence-electron chi connectivity index (χ3n) is 3.45. The molecule has 1 saturated carbocycles. The highest BCUT2D eigenvalue weighted by molar-refractivity contribution is 7.80. The fraction of sp³-hybridized carbons (Fsp3) is 0.500. The molecule has 98 valence electrons. The lowest BCUT2D eigenvalue weighted by Gasteiger charge is -2.35. The Kier molecular flexibility index (Phi) is 4.46. The number of halogens is 1. The Morgan fingerprint density at radius 1 is 1.28 bits per heavy atom. The molecule has 2 nitrogen and oxygen atoms in total.